The number of piperidine rings is 2. The molecule has 0 saturated carbocycles. The molecule has 1 aromatic heterocycles. The van der Waals surface area contributed by atoms with Crippen molar-refractivity contribution >= 4 is 0 Å². The first-order valence-electron chi connectivity index (χ1n) is 11.1. The molecular weight excluding hydrogens is 330 g/mol. The number of aromatic nitrogens is 1. The fourth-order valence-corrected chi connectivity index (χ4v) is 4.65. The third-order valence-electron chi connectivity index (χ3n) is 6.74. The Morgan fingerprint density at radius 2 is 1.52 bits per heavy atom. The van der Waals surface area contributed by atoms with Crippen molar-refractivity contribution in [1.82, 2.24) is 14.8 Å². The lowest BCUT2D eigenvalue weighted by Crippen LogP contribution is -2.48. The van der Waals surface area contributed by atoms with Gasteiger partial charge in [0.2, 0.25) is 0 Å². The smallest absolute Gasteiger partial charge is 0.0435 e. The van der Waals surface area contributed by atoms with Gasteiger partial charge in [0.05, 0.1) is 0 Å². The SMILES string of the molecule is CC(C)(C)c1ccc(C2CCN(CC3CCN(C(C)(C)C)CC3)CC2)nc1. The summed E-state index contributed by atoms with van der Waals surface area (Å²) in [6.45, 7) is 20.2. The predicted molar refractivity (Wildman–Crippen MR) is 115 cm³/mol. The van der Waals surface area contributed by atoms with Gasteiger partial charge >= 0.3 is 0 Å². The third kappa shape index (κ3) is 5.54. The van der Waals surface area contributed by atoms with E-state index < -0.39 is 0 Å². The van der Waals surface area contributed by atoms with Crippen LogP contribution in [0.15, 0.2) is 18.3 Å². The summed E-state index contributed by atoms with van der Waals surface area (Å²) in [4.78, 5) is 10.2. The van der Waals surface area contributed by atoms with Gasteiger partial charge in [0.1, 0.15) is 0 Å². The topological polar surface area (TPSA) is 19.4 Å². The van der Waals surface area contributed by atoms with Crippen molar-refractivity contribution < 1.29 is 0 Å². The van der Waals surface area contributed by atoms with Gasteiger partial charge in [0.25, 0.3) is 0 Å². The molecule has 2 saturated heterocycles. The highest BCUT2D eigenvalue weighted by Crippen LogP contribution is 2.30. The highest BCUT2D eigenvalue weighted by molar-refractivity contribution is 5.23. The van der Waals surface area contributed by atoms with E-state index in [1.165, 1.54) is 69.7 Å². The zero-order valence-electron chi connectivity index (χ0n) is 18.6. The van der Waals surface area contributed by atoms with Crippen LogP contribution < -0.4 is 0 Å². The quantitative estimate of drug-likeness (QED) is 0.739. The molecule has 0 bridgehead atoms. The lowest BCUT2D eigenvalue weighted by molar-refractivity contribution is 0.0700. The molecule has 0 atom stereocenters. The van der Waals surface area contributed by atoms with Crippen molar-refractivity contribution in [2.75, 3.05) is 32.7 Å². The highest BCUT2D eigenvalue weighted by atomic mass is 15.2. The zero-order chi connectivity index (χ0) is 19.7. The average Bonchev–Trinajstić information content (AvgIpc) is 2.61. The molecule has 1 aromatic rings. The molecule has 0 N–H and O–H groups in total. The van der Waals surface area contributed by atoms with Crippen LogP contribution in [0.4, 0.5) is 0 Å². The summed E-state index contributed by atoms with van der Waals surface area (Å²) >= 11 is 0. The Kier molecular flexibility index (Phi) is 6.32. The van der Waals surface area contributed by atoms with Gasteiger partial charge < -0.3 is 4.90 Å². The Bertz CT molecular complexity index is 578. The van der Waals surface area contributed by atoms with Gasteiger partial charge in [-0.25, -0.2) is 0 Å². The van der Waals surface area contributed by atoms with Crippen molar-refractivity contribution in [2.24, 2.45) is 5.92 Å². The molecule has 3 heteroatoms. The Balaban J connectivity index is 1.44. The van der Waals surface area contributed by atoms with Crippen molar-refractivity contribution in [1.29, 1.82) is 0 Å². The Morgan fingerprint density at radius 1 is 0.889 bits per heavy atom. The van der Waals surface area contributed by atoms with Crippen LogP contribution >= 0.6 is 0 Å². The molecule has 3 rings (SSSR count). The molecule has 0 aromatic carbocycles. The normalized spacial score (nSPS) is 22.3. The second kappa shape index (κ2) is 8.21. The maximum atomic E-state index is 4.82. The van der Waals surface area contributed by atoms with Gasteiger partial charge in [-0.05, 0) is 95.6 Å². The first kappa shape index (κ1) is 20.8. The largest absolute Gasteiger partial charge is 0.303 e. The van der Waals surface area contributed by atoms with Crippen LogP contribution in [0.3, 0.4) is 0 Å². The maximum absolute atomic E-state index is 4.82. The molecule has 2 aliphatic rings. The summed E-state index contributed by atoms with van der Waals surface area (Å²) in [5, 5.41) is 0. The van der Waals surface area contributed by atoms with Crippen LogP contribution in [0.2, 0.25) is 0 Å². The van der Waals surface area contributed by atoms with Gasteiger partial charge in [0, 0.05) is 29.9 Å². The van der Waals surface area contributed by atoms with Crippen molar-refractivity contribution in [3.05, 3.63) is 29.6 Å². The molecule has 27 heavy (non-hydrogen) atoms. The van der Waals surface area contributed by atoms with Crippen LogP contribution in [0.1, 0.15) is 84.4 Å². The highest BCUT2D eigenvalue weighted by Gasteiger charge is 2.29. The maximum Gasteiger partial charge on any atom is 0.0435 e. The minimum absolute atomic E-state index is 0.192. The van der Waals surface area contributed by atoms with E-state index >= 15 is 0 Å². The van der Waals surface area contributed by atoms with Crippen LogP contribution in [0.25, 0.3) is 0 Å². The van der Waals surface area contributed by atoms with Gasteiger partial charge in [-0.3, -0.25) is 9.88 Å². The van der Waals surface area contributed by atoms with E-state index in [1.807, 2.05) is 0 Å². The summed E-state index contributed by atoms with van der Waals surface area (Å²) in [5.41, 5.74) is 3.17. The number of rotatable bonds is 3. The fourth-order valence-electron chi connectivity index (χ4n) is 4.65. The molecule has 0 aliphatic carbocycles. The van der Waals surface area contributed by atoms with Gasteiger partial charge in [0.15, 0.2) is 0 Å². The van der Waals surface area contributed by atoms with E-state index in [0.29, 0.717) is 11.5 Å². The molecule has 152 valence electrons. The minimum atomic E-state index is 0.192. The van der Waals surface area contributed by atoms with E-state index in [2.05, 4.69) is 69.7 Å². The fraction of sp³-hybridized carbons (Fsp3) is 0.792. The first-order valence-corrected chi connectivity index (χ1v) is 11.1. The van der Waals surface area contributed by atoms with Crippen molar-refractivity contribution in [2.45, 2.75) is 84.1 Å². The van der Waals surface area contributed by atoms with Gasteiger partial charge in [-0.1, -0.05) is 26.8 Å². The number of likely N-dealkylation sites (tertiary alicyclic amines) is 2. The molecular formula is C24H41N3. The zero-order valence-corrected chi connectivity index (χ0v) is 18.6. The van der Waals surface area contributed by atoms with E-state index in [1.54, 1.807) is 0 Å². The number of hydrogen-bond donors (Lipinski definition) is 0. The summed E-state index contributed by atoms with van der Waals surface area (Å²) in [6.07, 6.45) is 7.37. The molecule has 3 nitrogen and oxygen atoms in total. The van der Waals surface area contributed by atoms with E-state index in [-0.39, 0.29) is 5.41 Å². The molecule has 0 unspecified atom stereocenters. The molecule has 2 fully saturated rings. The number of nitrogens with zero attached hydrogens (tertiary/aromatic N) is 3. The Hall–Kier alpha value is -0.930. The van der Waals surface area contributed by atoms with Crippen LogP contribution in [-0.4, -0.2) is 53.0 Å². The molecule has 3 heterocycles. The molecule has 0 spiro atoms. The van der Waals surface area contributed by atoms with Crippen LogP contribution in [-0.2, 0) is 5.41 Å². The van der Waals surface area contributed by atoms with E-state index in [0.717, 1.165) is 5.92 Å². The van der Waals surface area contributed by atoms with Crippen LogP contribution in [0.5, 0.6) is 0 Å². The van der Waals surface area contributed by atoms with E-state index in [4.69, 9.17) is 4.98 Å². The lowest BCUT2D eigenvalue weighted by atomic mass is 9.86. The predicted octanol–water partition coefficient (Wildman–Crippen LogP) is 5.07. The average molecular weight is 372 g/mol. The van der Waals surface area contributed by atoms with E-state index in [9.17, 15) is 0 Å². The summed E-state index contributed by atoms with van der Waals surface area (Å²) in [7, 11) is 0. The summed E-state index contributed by atoms with van der Waals surface area (Å²) in [5.74, 6) is 1.54. The Morgan fingerprint density at radius 3 is 2.00 bits per heavy atom. The van der Waals surface area contributed by atoms with Crippen LogP contribution in [0, 0.1) is 5.92 Å². The number of pyridine rings is 1. The first-order chi connectivity index (χ1) is 12.6. The van der Waals surface area contributed by atoms with Crippen molar-refractivity contribution in [3.8, 4) is 0 Å². The van der Waals surface area contributed by atoms with Gasteiger partial charge in [-0.15, -0.1) is 0 Å². The summed E-state index contributed by atoms with van der Waals surface area (Å²) < 4.78 is 0. The minimum Gasteiger partial charge on any atom is -0.303 e. The summed E-state index contributed by atoms with van der Waals surface area (Å²) in [6, 6.07) is 4.57. The molecule has 0 radical (unpaired) electrons. The molecule has 0 amide bonds. The monoisotopic (exact) mass is 371 g/mol. The number of hydrogen-bond acceptors (Lipinski definition) is 3. The standard InChI is InChI=1S/C24H41N3/c1-23(2,3)21-7-8-22(25-17-21)20-11-13-26(14-12-20)18-19-9-15-27(16-10-19)24(4,5)6/h7-8,17,19-20H,9-16,18H2,1-6H3. The van der Waals surface area contributed by atoms with Crippen molar-refractivity contribution in [3.63, 3.8) is 0 Å². The third-order valence-corrected chi connectivity index (χ3v) is 6.74. The second-order valence-corrected chi connectivity index (χ2v) is 10.9. The molecule has 2 aliphatic heterocycles. The lowest BCUT2D eigenvalue weighted by Gasteiger charge is -2.42. The van der Waals surface area contributed by atoms with Gasteiger partial charge in [-0.2, -0.15) is 0 Å². The second-order valence-electron chi connectivity index (χ2n) is 10.9. The Labute approximate surface area is 167 Å².